The second-order valence-corrected chi connectivity index (χ2v) is 10.6. The number of hydrogen-bond donors (Lipinski definition) is 3. The fraction of sp³-hybridized carbons (Fsp3) is 0.357. The Morgan fingerprint density at radius 2 is 1.59 bits per heavy atom. The van der Waals surface area contributed by atoms with E-state index in [4.69, 9.17) is 11.5 Å². The molecule has 5 N–H and O–H groups in total. The van der Waals surface area contributed by atoms with Crippen molar-refractivity contribution in [2.75, 3.05) is 10.6 Å². The van der Waals surface area contributed by atoms with E-state index in [1.54, 1.807) is 0 Å². The third-order valence-corrected chi connectivity index (χ3v) is 7.66. The Labute approximate surface area is 221 Å². The molecule has 2 aromatic carbocycles. The van der Waals surface area contributed by atoms with Crippen molar-refractivity contribution in [3.8, 4) is 0 Å². The van der Waals surface area contributed by atoms with Gasteiger partial charge >= 0.3 is 0 Å². The topological polar surface area (TPSA) is 131 Å². The molecular weight excluding hydrogens is 486 g/mol. The van der Waals surface area contributed by atoms with Crippen molar-refractivity contribution in [1.29, 1.82) is 0 Å². The van der Waals surface area contributed by atoms with Gasteiger partial charge in [-0.1, -0.05) is 68.7 Å². The number of amides is 3. The second kappa shape index (κ2) is 11.1. The highest BCUT2D eigenvalue weighted by Crippen LogP contribution is 2.34. The lowest BCUT2D eigenvalue weighted by Gasteiger charge is -2.32. The molecule has 0 radical (unpaired) electrons. The van der Waals surface area contributed by atoms with Gasteiger partial charge in [0.05, 0.1) is 5.69 Å². The number of carbonyl (C=O) groups excluding carboxylic acids is 3. The Balaban J connectivity index is 1.85. The van der Waals surface area contributed by atoms with Gasteiger partial charge in [-0.3, -0.25) is 19.3 Å². The lowest BCUT2D eigenvalue weighted by atomic mass is 9.99. The minimum absolute atomic E-state index is 0.0625. The van der Waals surface area contributed by atoms with Crippen LogP contribution < -0.4 is 21.7 Å². The standard InChI is InChI=1S/C28H33N5O3S/c1-16(2)18-12-14-21(15-13-18)33(28(36)25-22(29)23(26(30)34)32-37-25)24(19-10-8-17(3)9-11-19)27(35)31-20-6-4-5-7-20/h8-16,20,24H,4-7,29H2,1-3H3,(H2,30,34)(H,31,35)/t24-/m1/s1. The summed E-state index contributed by atoms with van der Waals surface area (Å²) in [6.07, 6.45) is 3.94. The van der Waals surface area contributed by atoms with Gasteiger partial charge in [0.25, 0.3) is 11.8 Å². The lowest BCUT2D eigenvalue weighted by molar-refractivity contribution is -0.123. The molecule has 0 bridgehead atoms. The first-order chi connectivity index (χ1) is 17.7. The quantitative estimate of drug-likeness (QED) is 0.397. The molecule has 8 nitrogen and oxygen atoms in total. The molecule has 194 valence electrons. The van der Waals surface area contributed by atoms with Crippen LogP contribution in [0.3, 0.4) is 0 Å². The summed E-state index contributed by atoms with van der Waals surface area (Å²) in [5.41, 5.74) is 14.7. The van der Waals surface area contributed by atoms with Crippen LogP contribution in [0.2, 0.25) is 0 Å². The fourth-order valence-corrected chi connectivity index (χ4v) is 5.40. The third kappa shape index (κ3) is 5.67. The summed E-state index contributed by atoms with van der Waals surface area (Å²) in [5, 5.41) is 3.17. The zero-order valence-electron chi connectivity index (χ0n) is 21.4. The fourth-order valence-electron chi connectivity index (χ4n) is 4.66. The summed E-state index contributed by atoms with van der Waals surface area (Å²) in [7, 11) is 0. The summed E-state index contributed by atoms with van der Waals surface area (Å²) in [6, 6.07) is 14.2. The molecule has 1 aliphatic carbocycles. The highest BCUT2D eigenvalue weighted by atomic mass is 32.1. The smallest absolute Gasteiger partial charge is 0.273 e. The first-order valence-corrected chi connectivity index (χ1v) is 13.3. The molecule has 0 unspecified atom stereocenters. The predicted molar refractivity (Wildman–Crippen MR) is 147 cm³/mol. The van der Waals surface area contributed by atoms with Crippen LogP contribution in [0.5, 0.6) is 0 Å². The number of carbonyl (C=O) groups is 3. The molecule has 1 atom stereocenters. The van der Waals surface area contributed by atoms with Crippen LogP contribution in [0.25, 0.3) is 0 Å². The molecule has 0 saturated heterocycles. The number of aryl methyl sites for hydroxylation is 1. The molecule has 1 fully saturated rings. The van der Waals surface area contributed by atoms with Crippen molar-refractivity contribution in [1.82, 2.24) is 9.69 Å². The molecule has 1 saturated carbocycles. The van der Waals surface area contributed by atoms with E-state index >= 15 is 0 Å². The van der Waals surface area contributed by atoms with Gasteiger partial charge in [-0.15, -0.1) is 0 Å². The van der Waals surface area contributed by atoms with Gasteiger partial charge in [0, 0.05) is 11.7 Å². The number of rotatable bonds is 8. The van der Waals surface area contributed by atoms with Gasteiger partial charge < -0.3 is 16.8 Å². The predicted octanol–water partition coefficient (Wildman–Crippen LogP) is 4.70. The minimum Gasteiger partial charge on any atom is -0.395 e. The van der Waals surface area contributed by atoms with Crippen molar-refractivity contribution in [2.45, 2.75) is 64.5 Å². The number of aromatic nitrogens is 1. The minimum atomic E-state index is -0.961. The van der Waals surface area contributed by atoms with Crippen LogP contribution in [-0.2, 0) is 4.79 Å². The van der Waals surface area contributed by atoms with Crippen LogP contribution in [0.1, 0.15) is 88.3 Å². The van der Waals surface area contributed by atoms with Crippen LogP contribution in [-0.4, -0.2) is 28.1 Å². The maximum atomic E-state index is 14.1. The summed E-state index contributed by atoms with van der Waals surface area (Å²) in [4.78, 5) is 41.3. The summed E-state index contributed by atoms with van der Waals surface area (Å²) >= 11 is 0.805. The van der Waals surface area contributed by atoms with Gasteiger partial charge in [-0.05, 0) is 60.5 Å². The molecule has 1 heterocycles. The maximum absolute atomic E-state index is 14.1. The molecule has 3 aromatic rings. The van der Waals surface area contributed by atoms with E-state index in [2.05, 4.69) is 23.5 Å². The maximum Gasteiger partial charge on any atom is 0.273 e. The van der Waals surface area contributed by atoms with Gasteiger partial charge in [-0.2, -0.15) is 4.37 Å². The van der Waals surface area contributed by atoms with Crippen LogP contribution in [0, 0.1) is 6.92 Å². The van der Waals surface area contributed by atoms with E-state index in [1.165, 1.54) is 4.90 Å². The Morgan fingerprint density at radius 1 is 1.00 bits per heavy atom. The second-order valence-electron chi connectivity index (χ2n) is 9.86. The average molecular weight is 520 g/mol. The molecule has 3 amide bonds. The van der Waals surface area contributed by atoms with Crippen LogP contribution in [0.4, 0.5) is 11.4 Å². The number of nitrogens with one attached hydrogen (secondary N) is 1. The summed E-state index contributed by atoms with van der Waals surface area (Å²) in [6.45, 7) is 6.14. The van der Waals surface area contributed by atoms with Crippen molar-refractivity contribution in [2.24, 2.45) is 5.73 Å². The van der Waals surface area contributed by atoms with Crippen molar-refractivity contribution >= 4 is 40.6 Å². The largest absolute Gasteiger partial charge is 0.395 e. The average Bonchev–Trinajstić information content (AvgIpc) is 3.52. The van der Waals surface area contributed by atoms with E-state index < -0.39 is 17.9 Å². The summed E-state index contributed by atoms with van der Waals surface area (Å²) < 4.78 is 4.02. The number of nitrogens with two attached hydrogens (primary N) is 2. The first-order valence-electron chi connectivity index (χ1n) is 12.5. The van der Waals surface area contributed by atoms with Crippen molar-refractivity contribution in [3.05, 3.63) is 75.8 Å². The van der Waals surface area contributed by atoms with Gasteiger partial charge in [-0.25, -0.2) is 0 Å². The van der Waals surface area contributed by atoms with Gasteiger partial charge in [0.2, 0.25) is 5.91 Å². The van der Waals surface area contributed by atoms with E-state index in [1.807, 2.05) is 55.5 Å². The van der Waals surface area contributed by atoms with Gasteiger partial charge in [0.1, 0.15) is 10.9 Å². The zero-order valence-corrected chi connectivity index (χ0v) is 22.2. The van der Waals surface area contributed by atoms with Crippen LogP contribution >= 0.6 is 11.5 Å². The van der Waals surface area contributed by atoms with E-state index in [0.29, 0.717) is 17.2 Å². The zero-order chi connectivity index (χ0) is 26.7. The molecular formula is C28H33N5O3S. The number of anilines is 2. The Bertz CT molecular complexity index is 1280. The Kier molecular flexibility index (Phi) is 7.92. The van der Waals surface area contributed by atoms with Crippen LogP contribution in [0.15, 0.2) is 48.5 Å². The SMILES string of the molecule is Cc1ccc([C@H](C(=O)NC2CCCC2)N(C(=O)c2snc(C(N)=O)c2N)c2ccc(C(C)C)cc2)cc1. The first kappa shape index (κ1) is 26.3. The highest BCUT2D eigenvalue weighted by molar-refractivity contribution is 7.09. The number of nitrogens with zero attached hydrogens (tertiary/aromatic N) is 2. The third-order valence-electron chi connectivity index (χ3n) is 6.81. The molecule has 9 heteroatoms. The molecule has 0 spiro atoms. The van der Waals surface area contributed by atoms with E-state index in [0.717, 1.165) is 48.3 Å². The Morgan fingerprint density at radius 3 is 2.14 bits per heavy atom. The number of nitrogen functional groups attached to an aromatic ring is 1. The van der Waals surface area contributed by atoms with E-state index in [9.17, 15) is 14.4 Å². The number of benzene rings is 2. The molecule has 1 aromatic heterocycles. The van der Waals surface area contributed by atoms with Crippen molar-refractivity contribution in [3.63, 3.8) is 0 Å². The van der Waals surface area contributed by atoms with Crippen molar-refractivity contribution < 1.29 is 14.4 Å². The molecule has 4 rings (SSSR count). The Hall–Kier alpha value is -3.72. The monoisotopic (exact) mass is 519 g/mol. The molecule has 0 aliphatic heterocycles. The summed E-state index contributed by atoms with van der Waals surface area (Å²) in [5.74, 6) is -1.30. The number of primary amides is 1. The lowest BCUT2D eigenvalue weighted by Crippen LogP contribution is -2.46. The van der Waals surface area contributed by atoms with Gasteiger partial charge in [0.15, 0.2) is 5.69 Å². The molecule has 37 heavy (non-hydrogen) atoms. The number of hydrogen-bond acceptors (Lipinski definition) is 6. The normalized spacial score (nSPS) is 14.5. The highest BCUT2D eigenvalue weighted by Gasteiger charge is 2.37. The molecule has 1 aliphatic rings. The van der Waals surface area contributed by atoms with E-state index in [-0.39, 0.29) is 28.2 Å².